The third-order valence-corrected chi connectivity index (χ3v) is 3.73. The van der Waals surface area contributed by atoms with E-state index in [-0.39, 0.29) is 0 Å². The van der Waals surface area contributed by atoms with E-state index in [9.17, 15) is 9.59 Å². The molecule has 2 amide bonds. The maximum atomic E-state index is 12.1. The number of amides is 2. The Labute approximate surface area is 136 Å². The average Bonchev–Trinajstić information content (AvgIpc) is 2.57. The summed E-state index contributed by atoms with van der Waals surface area (Å²) in [6.07, 6.45) is 1.50. The number of nitrogens with one attached hydrogen (secondary N) is 2. The van der Waals surface area contributed by atoms with Crippen LogP contribution in [0.1, 0.15) is 23.6 Å². The predicted octanol–water partition coefficient (Wildman–Crippen LogP) is 2.85. The standard InChI is InChI=1S/C19H22N2O2/c1-3-16-11-7-8-14(2)17(16)21-19(23)18(22)20-13-12-15-9-5-4-6-10-15/h4-11H,3,12-13H2,1-2H3,(H,20,22)(H,21,23). The van der Waals surface area contributed by atoms with Gasteiger partial charge in [-0.3, -0.25) is 9.59 Å². The number of hydrogen-bond donors (Lipinski definition) is 2. The van der Waals surface area contributed by atoms with Gasteiger partial charge in [-0.25, -0.2) is 0 Å². The first-order chi connectivity index (χ1) is 11.1. The molecule has 2 aromatic carbocycles. The SMILES string of the molecule is CCc1cccc(C)c1NC(=O)C(=O)NCCc1ccccc1. The molecule has 0 fully saturated rings. The minimum atomic E-state index is -0.623. The third-order valence-electron chi connectivity index (χ3n) is 3.73. The fraction of sp³-hybridized carbons (Fsp3) is 0.263. The minimum Gasteiger partial charge on any atom is -0.347 e. The first kappa shape index (κ1) is 16.7. The van der Waals surface area contributed by atoms with Gasteiger partial charge in [0.15, 0.2) is 0 Å². The van der Waals surface area contributed by atoms with Crippen molar-refractivity contribution < 1.29 is 9.59 Å². The highest BCUT2D eigenvalue weighted by Crippen LogP contribution is 2.20. The van der Waals surface area contributed by atoms with Gasteiger partial charge in [0.1, 0.15) is 0 Å². The van der Waals surface area contributed by atoms with Crippen LogP contribution >= 0.6 is 0 Å². The van der Waals surface area contributed by atoms with Gasteiger partial charge in [-0.15, -0.1) is 0 Å². The Morgan fingerprint density at radius 3 is 2.39 bits per heavy atom. The summed E-state index contributed by atoms with van der Waals surface area (Å²) in [4.78, 5) is 24.0. The zero-order valence-electron chi connectivity index (χ0n) is 13.6. The van der Waals surface area contributed by atoms with Gasteiger partial charge in [-0.05, 0) is 36.5 Å². The summed E-state index contributed by atoms with van der Waals surface area (Å²) in [5.74, 6) is -1.23. The molecule has 0 spiro atoms. The molecule has 4 heteroatoms. The van der Waals surface area contributed by atoms with Crippen LogP contribution in [0.2, 0.25) is 0 Å². The molecule has 0 unspecified atom stereocenters. The van der Waals surface area contributed by atoms with Gasteiger partial charge in [0, 0.05) is 12.2 Å². The Hall–Kier alpha value is -2.62. The zero-order valence-corrected chi connectivity index (χ0v) is 13.6. The van der Waals surface area contributed by atoms with Crippen molar-refractivity contribution in [1.82, 2.24) is 5.32 Å². The second-order valence-electron chi connectivity index (χ2n) is 5.41. The van der Waals surface area contributed by atoms with Crippen molar-refractivity contribution >= 4 is 17.5 Å². The molecule has 0 bridgehead atoms. The molecule has 23 heavy (non-hydrogen) atoms. The fourth-order valence-electron chi connectivity index (χ4n) is 2.42. The zero-order chi connectivity index (χ0) is 16.7. The topological polar surface area (TPSA) is 58.2 Å². The highest BCUT2D eigenvalue weighted by Gasteiger charge is 2.15. The molecule has 0 aromatic heterocycles. The van der Waals surface area contributed by atoms with Crippen LogP contribution in [-0.2, 0) is 22.4 Å². The number of rotatable bonds is 5. The molecular formula is C19H22N2O2. The van der Waals surface area contributed by atoms with Gasteiger partial charge in [0.2, 0.25) is 0 Å². The Morgan fingerprint density at radius 2 is 1.70 bits per heavy atom. The lowest BCUT2D eigenvalue weighted by Crippen LogP contribution is -2.36. The second-order valence-corrected chi connectivity index (χ2v) is 5.41. The average molecular weight is 310 g/mol. The lowest BCUT2D eigenvalue weighted by molar-refractivity contribution is -0.136. The highest BCUT2D eigenvalue weighted by atomic mass is 16.2. The van der Waals surface area contributed by atoms with Gasteiger partial charge >= 0.3 is 11.8 Å². The van der Waals surface area contributed by atoms with Gasteiger partial charge in [0.25, 0.3) is 0 Å². The lowest BCUT2D eigenvalue weighted by Gasteiger charge is -2.12. The van der Waals surface area contributed by atoms with E-state index in [0.29, 0.717) is 13.0 Å². The summed E-state index contributed by atoms with van der Waals surface area (Å²) in [5, 5.41) is 5.38. The van der Waals surface area contributed by atoms with E-state index >= 15 is 0 Å². The third kappa shape index (κ3) is 4.68. The monoisotopic (exact) mass is 310 g/mol. The fourth-order valence-corrected chi connectivity index (χ4v) is 2.42. The predicted molar refractivity (Wildman–Crippen MR) is 92.3 cm³/mol. The first-order valence-electron chi connectivity index (χ1n) is 7.83. The number of para-hydroxylation sites is 1. The Bertz CT molecular complexity index is 681. The van der Waals surface area contributed by atoms with Gasteiger partial charge < -0.3 is 10.6 Å². The number of hydrogen-bond acceptors (Lipinski definition) is 2. The highest BCUT2D eigenvalue weighted by molar-refractivity contribution is 6.39. The summed E-state index contributed by atoms with van der Waals surface area (Å²) in [6, 6.07) is 15.7. The van der Waals surface area contributed by atoms with Crippen molar-refractivity contribution in [3.8, 4) is 0 Å². The minimum absolute atomic E-state index is 0.435. The maximum absolute atomic E-state index is 12.1. The first-order valence-corrected chi connectivity index (χ1v) is 7.83. The van der Waals surface area contributed by atoms with Crippen LogP contribution in [0.15, 0.2) is 48.5 Å². The molecule has 0 saturated carbocycles. The molecule has 0 heterocycles. The van der Waals surface area contributed by atoms with Crippen LogP contribution in [0, 0.1) is 6.92 Å². The molecule has 2 rings (SSSR count). The van der Waals surface area contributed by atoms with Gasteiger partial charge in [0.05, 0.1) is 0 Å². The van der Waals surface area contributed by atoms with Crippen LogP contribution in [0.4, 0.5) is 5.69 Å². The molecule has 0 radical (unpaired) electrons. The normalized spacial score (nSPS) is 10.2. The summed E-state index contributed by atoms with van der Waals surface area (Å²) < 4.78 is 0. The molecule has 0 saturated heterocycles. The van der Waals surface area contributed by atoms with Crippen molar-refractivity contribution in [1.29, 1.82) is 0 Å². The van der Waals surface area contributed by atoms with Gasteiger partial charge in [-0.2, -0.15) is 0 Å². The quantitative estimate of drug-likeness (QED) is 0.834. The Kier molecular flexibility index (Phi) is 5.92. The van der Waals surface area contributed by atoms with Crippen molar-refractivity contribution in [3.63, 3.8) is 0 Å². The smallest absolute Gasteiger partial charge is 0.313 e. The molecule has 2 N–H and O–H groups in total. The Balaban J connectivity index is 1.89. The summed E-state index contributed by atoms with van der Waals surface area (Å²) in [5.41, 5.74) is 3.84. The number of carbonyl (C=O) groups is 2. The van der Waals surface area contributed by atoms with Crippen molar-refractivity contribution in [2.75, 3.05) is 11.9 Å². The van der Waals surface area contributed by atoms with Crippen molar-refractivity contribution in [2.24, 2.45) is 0 Å². The van der Waals surface area contributed by atoms with Crippen molar-refractivity contribution in [3.05, 3.63) is 65.2 Å². The number of benzene rings is 2. The lowest BCUT2D eigenvalue weighted by atomic mass is 10.1. The van der Waals surface area contributed by atoms with E-state index in [1.165, 1.54) is 0 Å². The van der Waals surface area contributed by atoms with Gasteiger partial charge in [-0.1, -0.05) is 55.5 Å². The number of anilines is 1. The summed E-state index contributed by atoms with van der Waals surface area (Å²) in [6.45, 7) is 4.37. The Morgan fingerprint density at radius 1 is 0.957 bits per heavy atom. The summed E-state index contributed by atoms with van der Waals surface area (Å²) in [7, 11) is 0. The number of carbonyl (C=O) groups excluding carboxylic acids is 2. The molecule has 0 aliphatic heterocycles. The molecule has 0 atom stereocenters. The molecule has 0 aliphatic carbocycles. The van der Waals surface area contributed by atoms with Crippen LogP contribution < -0.4 is 10.6 Å². The molecular weight excluding hydrogens is 288 g/mol. The van der Waals surface area contributed by atoms with E-state index in [1.807, 2.05) is 62.4 Å². The second kappa shape index (κ2) is 8.13. The van der Waals surface area contributed by atoms with Crippen LogP contribution in [0.25, 0.3) is 0 Å². The molecule has 4 nitrogen and oxygen atoms in total. The van der Waals surface area contributed by atoms with E-state index in [2.05, 4.69) is 10.6 Å². The van der Waals surface area contributed by atoms with E-state index < -0.39 is 11.8 Å². The maximum Gasteiger partial charge on any atom is 0.313 e. The van der Waals surface area contributed by atoms with Crippen LogP contribution in [0.5, 0.6) is 0 Å². The number of aryl methyl sites for hydroxylation is 2. The largest absolute Gasteiger partial charge is 0.347 e. The van der Waals surface area contributed by atoms with E-state index in [1.54, 1.807) is 0 Å². The van der Waals surface area contributed by atoms with Crippen LogP contribution in [-0.4, -0.2) is 18.4 Å². The van der Waals surface area contributed by atoms with Crippen LogP contribution in [0.3, 0.4) is 0 Å². The van der Waals surface area contributed by atoms with E-state index in [0.717, 1.165) is 28.8 Å². The van der Waals surface area contributed by atoms with E-state index in [4.69, 9.17) is 0 Å². The molecule has 120 valence electrons. The molecule has 0 aliphatic rings. The summed E-state index contributed by atoms with van der Waals surface area (Å²) >= 11 is 0. The molecule has 2 aromatic rings. The van der Waals surface area contributed by atoms with Crippen molar-refractivity contribution in [2.45, 2.75) is 26.7 Å².